The van der Waals surface area contributed by atoms with Crippen LogP contribution in [-0.2, 0) is 25.5 Å². The fourth-order valence-corrected chi connectivity index (χ4v) is 2.97. The maximum Gasteiger partial charge on any atom is 0.322 e. The van der Waals surface area contributed by atoms with Crippen molar-refractivity contribution in [3.05, 3.63) is 35.9 Å². The van der Waals surface area contributed by atoms with E-state index in [-0.39, 0.29) is 17.7 Å². The molecule has 0 saturated carbocycles. The zero-order chi connectivity index (χ0) is 21.1. The van der Waals surface area contributed by atoms with Crippen LogP contribution < -0.4 is 16.0 Å². The fraction of sp³-hybridized carbons (Fsp3) is 0.571. The van der Waals surface area contributed by atoms with Gasteiger partial charge in [-0.3, -0.25) is 19.7 Å². The van der Waals surface area contributed by atoms with Crippen molar-refractivity contribution in [2.75, 3.05) is 14.2 Å². The number of esters is 1. The van der Waals surface area contributed by atoms with E-state index in [4.69, 9.17) is 4.74 Å². The molecule has 0 radical (unpaired) electrons. The van der Waals surface area contributed by atoms with Crippen LogP contribution in [0.5, 0.6) is 0 Å². The predicted octanol–water partition coefficient (Wildman–Crippen LogP) is 1.42. The van der Waals surface area contributed by atoms with Gasteiger partial charge in [0, 0.05) is 13.5 Å². The van der Waals surface area contributed by atoms with Gasteiger partial charge in [0.05, 0.1) is 13.2 Å². The first-order valence-electron chi connectivity index (χ1n) is 9.72. The summed E-state index contributed by atoms with van der Waals surface area (Å²) in [4.78, 5) is 37.2. The molecule has 0 fully saturated rings. The van der Waals surface area contributed by atoms with E-state index in [1.165, 1.54) is 7.11 Å². The number of carbonyl (C=O) groups is 3. The molecule has 0 aromatic heterocycles. The summed E-state index contributed by atoms with van der Waals surface area (Å²) >= 11 is 0. The molecule has 0 bridgehead atoms. The first-order valence-corrected chi connectivity index (χ1v) is 9.72. The van der Waals surface area contributed by atoms with Crippen molar-refractivity contribution in [3.8, 4) is 0 Å². The maximum atomic E-state index is 13.0. The quantitative estimate of drug-likeness (QED) is 0.496. The second kappa shape index (κ2) is 12.1. The Morgan fingerprint density at radius 3 is 2.14 bits per heavy atom. The van der Waals surface area contributed by atoms with Crippen molar-refractivity contribution in [2.45, 2.75) is 58.2 Å². The van der Waals surface area contributed by atoms with Gasteiger partial charge in [0.1, 0.15) is 12.1 Å². The first-order chi connectivity index (χ1) is 13.3. The number of methoxy groups -OCH3 is 1. The lowest BCUT2D eigenvalue weighted by molar-refractivity contribution is -0.143. The molecule has 7 nitrogen and oxygen atoms in total. The highest BCUT2D eigenvalue weighted by Crippen LogP contribution is 2.10. The number of carbonyl (C=O) groups excluding carboxylic acids is 3. The predicted molar refractivity (Wildman–Crippen MR) is 109 cm³/mol. The van der Waals surface area contributed by atoms with Crippen molar-refractivity contribution in [1.82, 2.24) is 16.0 Å². The molecule has 2 amide bonds. The first kappa shape index (κ1) is 23.6. The fourth-order valence-electron chi connectivity index (χ4n) is 2.97. The third kappa shape index (κ3) is 7.68. The second-order valence-corrected chi connectivity index (χ2v) is 7.20. The molecule has 1 aromatic rings. The molecule has 156 valence electrons. The van der Waals surface area contributed by atoms with Crippen LogP contribution in [0.3, 0.4) is 0 Å². The lowest BCUT2D eigenvalue weighted by atomic mass is 10.00. The molecule has 3 N–H and O–H groups in total. The van der Waals surface area contributed by atoms with E-state index in [1.54, 1.807) is 7.05 Å². The minimum absolute atomic E-state index is 0.228. The van der Waals surface area contributed by atoms with Gasteiger partial charge in [-0.1, -0.05) is 51.1 Å². The molecule has 1 rings (SSSR count). The van der Waals surface area contributed by atoms with Gasteiger partial charge in [0.2, 0.25) is 11.8 Å². The lowest BCUT2D eigenvalue weighted by Gasteiger charge is -2.26. The van der Waals surface area contributed by atoms with Crippen molar-refractivity contribution in [3.63, 3.8) is 0 Å². The van der Waals surface area contributed by atoms with Crippen LogP contribution >= 0.6 is 0 Å². The summed E-state index contributed by atoms with van der Waals surface area (Å²) in [6.45, 7) is 5.85. The highest BCUT2D eigenvalue weighted by molar-refractivity contribution is 5.90. The molecule has 0 saturated heterocycles. The van der Waals surface area contributed by atoms with Crippen molar-refractivity contribution in [1.29, 1.82) is 0 Å². The lowest BCUT2D eigenvalue weighted by Crippen LogP contribution is -2.56. The van der Waals surface area contributed by atoms with Gasteiger partial charge in [-0.05, 0) is 24.3 Å². The Balaban J connectivity index is 2.94. The highest BCUT2D eigenvalue weighted by atomic mass is 16.5. The van der Waals surface area contributed by atoms with Gasteiger partial charge in [-0.15, -0.1) is 0 Å². The summed E-state index contributed by atoms with van der Waals surface area (Å²) in [5.41, 5.74) is 0.950. The van der Waals surface area contributed by atoms with Crippen LogP contribution in [0.1, 0.15) is 39.2 Å². The number of rotatable bonds is 11. The molecular weight excluding hydrogens is 358 g/mol. The Hall–Kier alpha value is -2.41. The van der Waals surface area contributed by atoms with Crippen molar-refractivity contribution < 1.29 is 19.1 Å². The van der Waals surface area contributed by atoms with E-state index in [9.17, 15) is 14.4 Å². The summed E-state index contributed by atoms with van der Waals surface area (Å²) in [6, 6.07) is 7.63. The molecule has 0 aliphatic heterocycles. The van der Waals surface area contributed by atoms with Crippen LogP contribution in [0.2, 0.25) is 0 Å². The largest absolute Gasteiger partial charge is 0.468 e. The van der Waals surface area contributed by atoms with E-state index in [2.05, 4.69) is 16.0 Å². The summed E-state index contributed by atoms with van der Waals surface area (Å²) in [7, 11) is 2.87. The van der Waals surface area contributed by atoms with Gasteiger partial charge < -0.3 is 15.4 Å². The van der Waals surface area contributed by atoms with Crippen LogP contribution in [0.15, 0.2) is 30.3 Å². The highest BCUT2D eigenvalue weighted by Gasteiger charge is 2.29. The monoisotopic (exact) mass is 391 g/mol. The van der Waals surface area contributed by atoms with E-state index in [0.717, 1.165) is 5.56 Å². The van der Waals surface area contributed by atoms with Crippen LogP contribution in [-0.4, -0.2) is 50.1 Å². The third-order valence-corrected chi connectivity index (χ3v) is 4.48. The van der Waals surface area contributed by atoms with Gasteiger partial charge >= 0.3 is 5.97 Å². The zero-order valence-electron chi connectivity index (χ0n) is 17.5. The number of nitrogens with one attached hydrogen (secondary N) is 3. The Bertz CT molecular complexity index is 634. The van der Waals surface area contributed by atoms with Gasteiger partial charge in [0.15, 0.2) is 0 Å². The Morgan fingerprint density at radius 1 is 1.00 bits per heavy atom. The minimum atomic E-state index is -0.699. The number of hydrogen-bond acceptors (Lipinski definition) is 5. The molecule has 0 aliphatic rings. The normalized spacial score (nSPS) is 14.1. The smallest absolute Gasteiger partial charge is 0.322 e. The average Bonchev–Trinajstić information content (AvgIpc) is 2.69. The van der Waals surface area contributed by atoms with Crippen molar-refractivity contribution in [2.24, 2.45) is 5.92 Å². The molecule has 7 heteroatoms. The standard InChI is InChI=1S/C21H33N3O4/c1-6-16(21(27)28-5)23-17(12-14(2)3)20(26)24-18(19(25)22-4)13-15-10-8-7-9-11-15/h7-11,14,16-18,23H,6,12-13H2,1-5H3,(H,22,25)(H,24,26)/t16?,17-,18-/m0/s1. The Kier molecular flexibility index (Phi) is 10.2. The number of likely N-dealkylation sites (N-methyl/N-ethyl adjacent to an activating group) is 1. The topological polar surface area (TPSA) is 96.5 Å². The van der Waals surface area contributed by atoms with E-state index in [1.807, 2.05) is 51.1 Å². The van der Waals surface area contributed by atoms with Gasteiger partial charge in [0.25, 0.3) is 0 Å². The van der Waals surface area contributed by atoms with E-state index in [0.29, 0.717) is 19.3 Å². The molecule has 1 aromatic carbocycles. The van der Waals surface area contributed by atoms with Crippen LogP contribution in [0.25, 0.3) is 0 Å². The number of benzene rings is 1. The number of amides is 2. The van der Waals surface area contributed by atoms with Crippen molar-refractivity contribution >= 4 is 17.8 Å². The number of hydrogen-bond donors (Lipinski definition) is 3. The zero-order valence-corrected chi connectivity index (χ0v) is 17.5. The Morgan fingerprint density at radius 2 is 1.64 bits per heavy atom. The molecule has 0 aliphatic carbocycles. The van der Waals surface area contributed by atoms with Gasteiger partial charge in [-0.25, -0.2) is 0 Å². The average molecular weight is 392 g/mol. The summed E-state index contributed by atoms with van der Waals surface area (Å²) in [5, 5.41) is 8.54. The second-order valence-electron chi connectivity index (χ2n) is 7.20. The SMILES string of the molecule is CCC(N[C@@H](CC(C)C)C(=O)N[C@@H](Cc1ccccc1)C(=O)NC)C(=O)OC. The molecule has 0 spiro atoms. The molecule has 1 unspecified atom stereocenters. The van der Waals surface area contributed by atoms with E-state index >= 15 is 0 Å². The van der Waals surface area contributed by atoms with Crippen LogP contribution in [0.4, 0.5) is 0 Å². The Labute approximate surface area is 167 Å². The minimum Gasteiger partial charge on any atom is -0.468 e. The summed E-state index contributed by atoms with van der Waals surface area (Å²) in [6.07, 6.45) is 1.41. The third-order valence-electron chi connectivity index (χ3n) is 4.48. The maximum absolute atomic E-state index is 13.0. The molecular formula is C21H33N3O4. The summed E-state index contributed by atoms with van der Waals surface area (Å²) in [5.74, 6) is -0.747. The molecule has 0 heterocycles. The molecule has 28 heavy (non-hydrogen) atoms. The summed E-state index contributed by atoms with van der Waals surface area (Å²) < 4.78 is 4.81. The van der Waals surface area contributed by atoms with Crippen LogP contribution in [0, 0.1) is 5.92 Å². The molecule has 3 atom stereocenters. The van der Waals surface area contributed by atoms with Gasteiger partial charge in [-0.2, -0.15) is 0 Å². The van der Waals surface area contributed by atoms with E-state index < -0.39 is 24.1 Å². The number of ether oxygens (including phenoxy) is 1.